The predicted octanol–water partition coefficient (Wildman–Crippen LogP) is 5.87. The van der Waals surface area contributed by atoms with Gasteiger partial charge in [-0.25, -0.2) is 4.98 Å². The Balaban J connectivity index is 1.54. The van der Waals surface area contributed by atoms with Gasteiger partial charge in [0.15, 0.2) is 0 Å². The summed E-state index contributed by atoms with van der Waals surface area (Å²) in [5.74, 6) is 2.36. The number of halogens is 1. The fourth-order valence-corrected chi connectivity index (χ4v) is 4.76. The second-order valence-corrected chi connectivity index (χ2v) is 9.34. The summed E-state index contributed by atoms with van der Waals surface area (Å²) in [5, 5.41) is 3.80. The van der Waals surface area contributed by atoms with Crippen molar-refractivity contribution in [3.8, 4) is 17.0 Å². The fraction of sp³-hybridized carbons (Fsp3) is 0.280. The molecule has 0 saturated heterocycles. The molecule has 3 aromatic heterocycles. The summed E-state index contributed by atoms with van der Waals surface area (Å²) in [6.45, 7) is 4.41. The molecule has 0 radical (unpaired) electrons. The Bertz CT molecular complexity index is 1260. The smallest absolute Gasteiger partial charge is 0.142 e. The molecule has 0 amide bonds. The van der Waals surface area contributed by atoms with Crippen LogP contribution in [0, 0.1) is 0 Å². The van der Waals surface area contributed by atoms with Crippen molar-refractivity contribution in [2.75, 3.05) is 12.4 Å². The largest absolute Gasteiger partial charge is 0.497 e. The van der Waals surface area contributed by atoms with E-state index in [2.05, 4.69) is 81.0 Å². The third-order valence-corrected chi connectivity index (χ3v) is 6.40. The van der Waals surface area contributed by atoms with Gasteiger partial charge in [-0.15, -0.1) is 0 Å². The maximum absolute atomic E-state index is 5.41. The topological polar surface area (TPSA) is 51.5 Å². The molecule has 158 valence electrons. The van der Waals surface area contributed by atoms with Gasteiger partial charge in [0.1, 0.15) is 17.2 Å². The number of benzene rings is 1. The summed E-state index contributed by atoms with van der Waals surface area (Å²) < 4.78 is 8.53. The van der Waals surface area contributed by atoms with Crippen molar-refractivity contribution in [2.45, 2.75) is 38.6 Å². The molecule has 31 heavy (non-hydrogen) atoms. The zero-order chi connectivity index (χ0) is 21.5. The standard InChI is InChI=1S/C25H25BrN4O/c1-15(2)22-6-7-30-24(12-23(29-25(22)30)18-8-19(26)14-27-13-18)28-20-9-16-4-5-21(31-3)11-17(16)10-20/h4-8,11-15,20,28H,9-10H2,1-3H3. The number of methoxy groups -OCH3 is 1. The molecule has 0 aliphatic heterocycles. The molecule has 5 nitrogen and oxygen atoms in total. The van der Waals surface area contributed by atoms with E-state index in [1.807, 2.05) is 12.3 Å². The fourth-order valence-electron chi connectivity index (χ4n) is 4.39. The SMILES string of the molecule is COc1ccc2c(c1)CC(Nc1cc(-c3cncc(Br)c3)nc3c(C(C)C)ccn13)C2. The van der Waals surface area contributed by atoms with Crippen molar-refractivity contribution in [1.29, 1.82) is 0 Å². The summed E-state index contributed by atoms with van der Waals surface area (Å²) >= 11 is 3.54. The van der Waals surface area contributed by atoms with Gasteiger partial charge in [0.2, 0.25) is 0 Å². The molecule has 1 aliphatic carbocycles. The first kappa shape index (κ1) is 20.1. The molecule has 1 aromatic carbocycles. The molecular weight excluding hydrogens is 452 g/mol. The second kappa shape index (κ2) is 8.00. The van der Waals surface area contributed by atoms with Crippen LogP contribution in [0.25, 0.3) is 16.9 Å². The van der Waals surface area contributed by atoms with Gasteiger partial charge >= 0.3 is 0 Å². The maximum atomic E-state index is 5.41. The van der Waals surface area contributed by atoms with Crippen molar-refractivity contribution in [2.24, 2.45) is 0 Å². The van der Waals surface area contributed by atoms with Gasteiger partial charge in [0, 0.05) is 40.7 Å². The molecule has 4 aromatic rings. The van der Waals surface area contributed by atoms with Gasteiger partial charge in [-0.05, 0) is 75.6 Å². The van der Waals surface area contributed by atoms with Crippen LogP contribution in [-0.4, -0.2) is 27.5 Å². The summed E-state index contributed by atoms with van der Waals surface area (Å²) in [6.07, 6.45) is 7.75. The molecule has 1 aliphatic rings. The van der Waals surface area contributed by atoms with E-state index in [0.717, 1.165) is 45.8 Å². The number of anilines is 1. The number of hydrogen-bond acceptors (Lipinski definition) is 4. The average molecular weight is 477 g/mol. The lowest BCUT2D eigenvalue weighted by molar-refractivity contribution is 0.414. The number of ether oxygens (including phenoxy) is 1. The number of hydrogen-bond donors (Lipinski definition) is 1. The molecule has 0 bridgehead atoms. The first-order valence-corrected chi connectivity index (χ1v) is 11.4. The lowest BCUT2D eigenvalue weighted by Crippen LogP contribution is -2.21. The number of nitrogens with zero attached hydrogens (tertiary/aromatic N) is 3. The number of nitrogens with one attached hydrogen (secondary N) is 1. The molecule has 0 fully saturated rings. The van der Waals surface area contributed by atoms with Crippen LogP contribution in [0.5, 0.6) is 5.75 Å². The molecule has 1 atom stereocenters. The molecule has 1 unspecified atom stereocenters. The summed E-state index contributed by atoms with van der Waals surface area (Å²) in [4.78, 5) is 9.35. The normalized spacial score (nSPS) is 15.5. The Morgan fingerprint density at radius 2 is 1.94 bits per heavy atom. The van der Waals surface area contributed by atoms with E-state index in [0.29, 0.717) is 12.0 Å². The quantitative estimate of drug-likeness (QED) is 0.391. The van der Waals surface area contributed by atoms with E-state index in [-0.39, 0.29) is 0 Å². The number of pyridine rings is 1. The predicted molar refractivity (Wildman–Crippen MR) is 128 cm³/mol. The summed E-state index contributed by atoms with van der Waals surface area (Å²) in [7, 11) is 1.72. The zero-order valence-electron chi connectivity index (χ0n) is 17.9. The second-order valence-electron chi connectivity index (χ2n) is 8.42. The van der Waals surface area contributed by atoms with Gasteiger partial charge in [0.25, 0.3) is 0 Å². The highest BCUT2D eigenvalue weighted by atomic mass is 79.9. The Morgan fingerprint density at radius 3 is 2.71 bits per heavy atom. The van der Waals surface area contributed by atoms with Crippen molar-refractivity contribution in [3.63, 3.8) is 0 Å². The van der Waals surface area contributed by atoms with Gasteiger partial charge in [0.05, 0.1) is 12.8 Å². The van der Waals surface area contributed by atoms with E-state index >= 15 is 0 Å². The van der Waals surface area contributed by atoms with E-state index in [1.54, 1.807) is 13.3 Å². The Kier molecular flexibility index (Phi) is 5.18. The zero-order valence-corrected chi connectivity index (χ0v) is 19.5. The van der Waals surface area contributed by atoms with Crippen LogP contribution in [0.3, 0.4) is 0 Å². The molecule has 3 heterocycles. The van der Waals surface area contributed by atoms with Crippen molar-refractivity contribution >= 4 is 27.4 Å². The number of fused-ring (bicyclic) bond motifs is 2. The van der Waals surface area contributed by atoms with E-state index in [1.165, 1.54) is 16.7 Å². The molecular formula is C25H25BrN4O. The van der Waals surface area contributed by atoms with Crippen LogP contribution in [0.4, 0.5) is 5.82 Å². The minimum absolute atomic E-state index is 0.325. The van der Waals surface area contributed by atoms with Crippen molar-refractivity contribution in [1.82, 2.24) is 14.4 Å². The Hall–Kier alpha value is -2.86. The van der Waals surface area contributed by atoms with Crippen LogP contribution in [0.2, 0.25) is 0 Å². The molecule has 1 N–H and O–H groups in total. The van der Waals surface area contributed by atoms with Crippen LogP contribution in [0.1, 0.15) is 36.5 Å². The number of aromatic nitrogens is 3. The van der Waals surface area contributed by atoms with Crippen LogP contribution < -0.4 is 10.1 Å². The first-order chi connectivity index (χ1) is 15.0. The monoisotopic (exact) mass is 476 g/mol. The highest BCUT2D eigenvalue weighted by molar-refractivity contribution is 9.10. The lowest BCUT2D eigenvalue weighted by atomic mass is 10.1. The van der Waals surface area contributed by atoms with Crippen LogP contribution >= 0.6 is 15.9 Å². The highest BCUT2D eigenvalue weighted by Gasteiger charge is 2.23. The first-order valence-electron chi connectivity index (χ1n) is 10.6. The number of rotatable bonds is 5. The Labute approximate surface area is 190 Å². The van der Waals surface area contributed by atoms with Crippen LogP contribution in [0.15, 0.2) is 59.5 Å². The summed E-state index contributed by atoms with van der Waals surface area (Å²) in [5.41, 5.74) is 6.89. The third-order valence-electron chi connectivity index (χ3n) is 5.97. The molecule has 6 heteroatoms. The lowest BCUT2D eigenvalue weighted by Gasteiger charge is -2.17. The van der Waals surface area contributed by atoms with Gasteiger partial charge in [-0.2, -0.15) is 0 Å². The average Bonchev–Trinajstić information content (AvgIpc) is 3.36. The maximum Gasteiger partial charge on any atom is 0.142 e. The van der Waals surface area contributed by atoms with E-state index < -0.39 is 0 Å². The van der Waals surface area contributed by atoms with Crippen molar-refractivity contribution < 1.29 is 4.74 Å². The van der Waals surface area contributed by atoms with Crippen LogP contribution in [-0.2, 0) is 12.8 Å². The molecule has 5 rings (SSSR count). The van der Waals surface area contributed by atoms with Gasteiger partial charge in [-0.1, -0.05) is 19.9 Å². The van der Waals surface area contributed by atoms with Gasteiger partial charge < -0.3 is 10.1 Å². The van der Waals surface area contributed by atoms with E-state index in [4.69, 9.17) is 9.72 Å². The van der Waals surface area contributed by atoms with E-state index in [9.17, 15) is 0 Å². The molecule has 0 spiro atoms. The molecule has 0 saturated carbocycles. The highest BCUT2D eigenvalue weighted by Crippen LogP contribution is 2.32. The van der Waals surface area contributed by atoms with Crippen molar-refractivity contribution in [3.05, 3.63) is 76.2 Å². The third kappa shape index (κ3) is 3.81. The summed E-state index contributed by atoms with van der Waals surface area (Å²) in [6, 6.07) is 13.1. The minimum Gasteiger partial charge on any atom is -0.497 e. The van der Waals surface area contributed by atoms with Gasteiger partial charge in [-0.3, -0.25) is 9.38 Å². The Morgan fingerprint density at radius 1 is 1.10 bits per heavy atom. The minimum atomic E-state index is 0.325.